The van der Waals surface area contributed by atoms with Crippen molar-refractivity contribution in [3.05, 3.63) is 237 Å². The molecule has 0 saturated carbocycles. The molecule has 2 aliphatic carbocycles. The van der Waals surface area contributed by atoms with E-state index in [4.69, 9.17) is 22.9 Å². The molecule has 4 nitrogen and oxygen atoms in total. The number of halogens is 12. The maximum Gasteiger partial charge on any atom is 0.418 e. The van der Waals surface area contributed by atoms with E-state index in [1.165, 1.54) is 36.4 Å². The van der Waals surface area contributed by atoms with Crippen molar-refractivity contribution in [1.29, 1.82) is 0 Å². The first kappa shape index (κ1) is 47.2. The summed E-state index contributed by atoms with van der Waals surface area (Å²) in [5.41, 5.74) is 17.7. The van der Waals surface area contributed by atoms with Crippen molar-refractivity contribution in [2.24, 2.45) is 0 Å². The van der Waals surface area contributed by atoms with Gasteiger partial charge in [-0.25, -0.2) is 0 Å². The zero-order chi connectivity index (χ0) is 50.3. The summed E-state index contributed by atoms with van der Waals surface area (Å²) < 4.78 is 170. The van der Waals surface area contributed by atoms with Crippen LogP contribution in [0.4, 0.5) is 75.4 Å². The Hall–Kier alpha value is -7.88. The highest BCUT2D eigenvalue weighted by atomic mass is 19.4. The summed E-state index contributed by atoms with van der Waals surface area (Å²) in [6, 6.07) is 40.7. The Morgan fingerprint density at radius 2 is 0.557 bits per heavy atom. The Bertz CT molecular complexity index is 3130. The number of fused-ring (bicyclic) bond motifs is 6. The first-order valence-electron chi connectivity index (χ1n) is 21.2. The van der Waals surface area contributed by atoms with Crippen molar-refractivity contribution in [3.8, 4) is 22.3 Å². The van der Waals surface area contributed by atoms with Crippen molar-refractivity contribution in [2.45, 2.75) is 35.5 Å². The minimum Gasteiger partial charge on any atom is -0.399 e. The quantitative estimate of drug-likeness (QED) is 0.104. The molecular weight excluding hydrogens is 933 g/mol. The van der Waals surface area contributed by atoms with Crippen LogP contribution in [0.5, 0.6) is 0 Å². The second-order valence-corrected chi connectivity index (χ2v) is 16.9. The van der Waals surface area contributed by atoms with E-state index in [-0.39, 0.29) is 33.6 Å². The molecule has 0 spiro atoms. The molecule has 0 unspecified atom stereocenters. The molecule has 0 fully saturated rings. The monoisotopic (exact) mass is 968 g/mol. The van der Waals surface area contributed by atoms with E-state index >= 15 is 0 Å². The summed E-state index contributed by atoms with van der Waals surface area (Å²) in [7, 11) is 0. The molecule has 0 radical (unpaired) electrons. The van der Waals surface area contributed by atoms with Crippen LogP contribution in [-0.2, 0) is 35.5 Å². The maximum atomic E-state index is 14.4. The average Bonchev–Trinajstić information content (AvgIpc) is 3.77. The zero-order valence-corrected chi connectivity index (χ0v) is 36.0. The van der Waals surface area contributed by atoms with Crippen LogP contribution in [0.3, 0.4) is 0 Å². The molecule has 0 bridgehead atoms. The van der Waals surface area contributed by atoms with Crippen molar-refractivity contribution in [3.63, 3.8) is 0 Å². The van der Waals surface area contributed by atoms with E-state index in [0.717, 1.165) is 47.5 Å². The van der Waals surface area contributed by atoms with E-state index < -0.39 is 69.2 Å². The Labute approximate surface area is 391 Å². The van der Waals surface area contributed by atoms with E-state index in [1.807, 2.05) is 0 Å². The lowest BCUT2D eigenvalue weighted by molar-refractivity contribution is -0.139. The molecule has 0 aliphatic heterocycles. The molecule has 8 aromatic rings. The van der Waals surface area contributed by atoms with Gasteiger partial charge in [0.2, 0.25) is 0 Å². The fraction of sp³-hybridized carbons (Fsp3) is 0.111. The number of nitrogen functional groups attached to an aromatic ring is 4. The predicted molar refractivity (Wildman–Crippen MR) is 245 cm³/mol. The van der Waals surface area contributed by atoms with Crippen molar-refractivity contribution < 1.29 is 52.7 Å². The standard InChI is InChI=1S/2C27H18F6N2/c28-26(29,30)21-13-15(9-11-23(21)34)25(16-10-12-24(35)22(14-16)27(31,32)33)19-7-3-1-5-17(19)18-6-2-4-8-20(18)25;28-26(29,30)23-13-15(34)9-11-21(23)25(22-12-10-16(35)14-24(22)27(31,32)33)19-7-3-1-5-17(19)18-6-2-4-8-20(18)25/h2*1-14H,34-35H2. The van der Waals surface area contributed by atoms with Gasteiger partial charge in [-0.05, 0) is 115 Å². The van der Waals surface area contributed by atoms with E-state index in [1.54, 1.807) is 97.1 Å². The fourth-order valence-electron chi connectivity index (χ4n) is 10.3. The lowest BCUT2D eigenvalue weighted by atomic mass is 9.65. The van der Waals surface area contributed by atoms with Crippen LogP contribution in [0.15, 0.2) is 170 Å². The van der Waals surface area contributed by atoms with Gasteiger partial charge in [0.25, 0.3) is 0 Å². The number of nitrogens with two attached hydrogens (primary N) is 4. The molecule has 0 saturated heterocycles. The first-order chi connectivity index (χ1) is 32.9. The van der Waals surface area contributed by atoms with E-state index in [0.29, 0.717) is 33.4 Å². The third-order valence-electron chi connectivity index (χ3n) is 13.0. The average molecular weight is 969 g/mol. The number of anilines is 4. The van der Waals surface area contributed by atoms with E-state index in [9.17, 15) is 52.7 Å². The molecule has 0 atom stereocenters. The molecule has 8 N–H and O–H groups in total. The van der Waals surface area contributed by atoms with Gasteiger partial charge < -0.3 is 22.9 Å². The zero-order valence-electron chi connectivity index (χ0n) is 36.0. The molecular formula is C54H36F12N4. The van der Waals surface area contributed by atoms with Gasteiger partial charge in [-0.15, -0.1) is 0 Å². The predicted octanol–water partition coefficient (Wildman–Crippen LogP) is 14.5. The second-order valence-electron chi connectivity index (χ2n) is 16.9. The van der Waals surface area contributed by atoms with Crippen LogP contribution >= 0.6 is 0 Å². The van der Waals surface area contributed by atoms with Gasteiger partial charge in [-0.3, -0.25) is 0 Å². The molecule has 16 heteroatoms. The topological polar surface area (TPSA) is 104 Å². The van der Waals surface area contributed by atoms with Gasteiger partial charge in [0, 0.05) is 22.7 Å². The Balaban J connectivity index is 0.000000174. The highest BCUT2D eigenvalue weighted by molar-refractivity contribution is 5.88. The minimum atomic E-state index is -4.88. The number of hydrogen-bond donors (Lipinski definition) is 4. The Kier molecular flexibility index (Phi) is 11.0. The van der Waals surface area contributed by atoms with Gasteiger partial charge in [0.1, 0.15) is 0 Å². The molecule has 10 rings (SSSR count). The summed E-state index contributed by atoms with van der Waals surface area (Å²) in [6.07, 6.45) is -19.3. The SMILES string of the molecule is Nc1ccc(C2(c3ccc(N)c(C(F)(F)F)c3)c3ccccc3-c3ccccc32)cc1C(F)(F)F.Nc1ccc(C2(c3ccc(N)cc3C(F)(F)F)c3ccccc3-c3ccccc32)c(C(F)(F)F)c1. The van der Waals surface area contributed by atoms with Crippen LogP contribution < -0.4 is 22.9 Å². The molecule has 8 aromatic carbocycles. The lowest BCUT2D eigenvalue weighted by Crippen LogP contribution is -2.34. The van der Waals surface area contributed by atoms with Crippen molar-refractivity contribution in [1.82, 2.24) is 0 Å². The third kappa shape index (κ3) is 7.43. The third-order valence-corrected chi connectivity index (χ3v) is 13.0. The lowest BCUT2D eigenvalue weighted by Gasteiger charge is -2.37. The highest BCUT2D eigenvalue weighted by Crippen LogP contribution is 2.61. The summed E-state index contributed by atoms with van der Waals surface area (Å²) in [5, 5.41) is 0. The van der Waals surface area contributed by atoms with Crippen LogP contribution in [0, 0.1) is 0 Å². The minimum absolute atomic E-state index is 0.148. The summed E-state index contributed by atoms with van der Waals surface area (Å²) >= 11 is 0. The van der Waals surface area contributed by atoms with Crippen molar-refractivity contribution >= 4 is 22.7 Å². The maximum absolute atomic E-state index is 14.4. The van der Waals surface area contributed by atoms with Crippen LogP contribution in [-0.4, -0.2) is 0 Å². The molecule has 0 aromatic heterocycles. The summed E-state index contributed by atoms with van der Waals surface area (Å²) in [6.45, 7) is 0. The van der Waals surface area contributed by atoms with Gasteiger partial charge in [-0.1, -0.05) is 121 Å². The Morgan fingerprint density at radius 3 is 0.857 bits per heavy atom. The number of alkyl halides is 12. The highest BCUT2D eigenvalue weighted by Gasteiger charge is 2.54. The fourth-order valence-corrected chi connectivity index (χ4v) is 10.3. The molecule has 356 valence electrons. The van der Waals surface area contributed by atoms with Gasteiger partial charge >= 0.3 is 24.7 Å². The summed E-state index contributed by atoms with van der Waals surface area (Å²) in [4.78, 5) is 0. The van der Waals surface area contributed by atoms with Crippen LogP contribution in [0.1, 0.15) is 66.8 Å². The van der Waals surface area contributed by atoms with Crippen LogP contribution in [0.25, 0.3) is 22.3 Å². The molecule has 0 amide bonds. The molecule has 0 heterocycles. The number of benzene rings is 8. The number of hydrogen-bond acceptors (Lipinski definition) is 4. The van der Waals surface area contributed by atoms with Gasteiger partial charge in [0.15, 0.2) is 0 Å². The molecule has 70 heavy (non-hydrogen) atoms. The number of rotatable bonds is 4. The smallest absolute Gasteiger partial charge is 0.399 e. The van der Waals surface area contributed by atoms with E-state index in [2.05, 4.69) is 0 Å². The summed E-state index contributed by atoms with van der Waals surface area (Å²) in [5.74, 6) is 0. The normalized spacial score (nSPS) is 14.5. The van der Waals surface area contributed by atoms with Crippen LogP contribution in [0.2, 0.25) is 0 Å². The Morgan fingerprint density at radius 1 is 0.271 bits per heavy atom. The second kappa shape index (κ2) is 16.4. The largest absolute Gasteiger partial charge is 0.418 e. The first-order valence-corrected chi connectivity index (χ1v) is 21.2. The van der Waals surface area contributed by atoms with Gasteiger partial charge in [-0.2, -0.15) is 52.7 Å². The van der Waals surface area contributed by atoms with Gasteiger partial charge in [0.05, 0.1) is 33.1 Å². The van der Waals surface area contributed by atoms with Crippen molar-refractivity contribution in [2.75, 3.05) is 22.9 Å². The molecule has 2 aliphatic rings.